The Hall–Kier alpha value is -1.10. The lowest BCUT2D eigenvalue weighted by Crippen LogP contribution is -2.53. The summed E-state index contributed by atoms with van der Waals surface area (Å²) >= 11 is 0. The molecule has 1 heterocycles. The first kappa shape index (κ1) is 15.3. The first-order valence-corrected chi connectivity index (χ1v) is 7.35. The van der Waals surface area contributed by atoms with Crippen LogP contribution in [0.4, 0.5) is 4.79 Å². The van der Waals surface area contributed by atoms with Crippen molar-refractivity contribution in [3.63, 3.8) is 0 Å². The summed E-state index contributed by atoms with van der Waals surface area (Å²) in [7, 11) is 1.60. The maximum absolute atomic E-state index is 12.4. The Balaban J connectivity index is 1.93. The number of piperidine rings is 1. The second-order valence-corrected chi connectivity index (χ2v) is 6.80. The molecular formula is C15H25NO4. The van der Waals surface area contributed by atoms with Crippen molar-refractivity contribution < 1.29 is 19.1 Å². The SMILES string of the molecule is COC1(C(=O)C2CC2)CCN(C(=O)OC(C)(C)C)CC1. The highest BCUT2D eigenvalue weighted by atomic mass is 16.6. The Morgan fingerprint density at radius 2 is 1.70 bits per heavy atom. The lowest BCUT2D eigenvalue weighted by atomic mass is 9.85. The Labute approximate surface area is 120 Å². The zero-order chi connectivity index (χ0) is 15.0. The van der Waals surface area contributed by atoms with E-state index in [-0.39, 0.29) is 17.8 Å². The number of carbonyl (C=O) groups excluding carboxylic acids is 2. The Bertz CT molecular complexity index is 387. The first-order chi connectivity index (χ1) is 9.27. The van der Waals surface area contributed by atoms with Gasteiger partial charge in [0.15, 0.2) is 5.78 Å². The summed E-state index contributed by atoms with van der Waals surface area (Å²) in [5, 5.41) is 0. The molecule has 0 radical (unpaired) electrons. The van der Waals surface area contributed by atoms with Gasteiger partial charge in [0, 0.05) is 39.0 Å². The van der Waals surface area contributed by atoms with Gasteiger partial charge in [0.1, 0.15) is 11.2 Å². The first-order valence-electron chi connectivity index (χ1n) is 7.35. The van der Waals surface area contributed by atoms with Gasteiger partial charge >= 0.3 is 6.09 Å². The number of Topliss-reactive ketones (excluding diaryl/α,β-unsaturated/α-hetero) is 1. The molecule has 0 unspecified atom stereocenters. The van der Waals surface area contributed by atoms with Gasteiger partial charge in [0.2, 0.25) is 0 Å². The van der Waals surface area contributed by atoms with Crippen LogP contribution < -0.4 is 0 Å². The van der Waals surface area contributed by atoms with E-state index >= 15 is 0 Å². The van der Waals surface area contributed by atoms with Crippen molar-refractivity contribution in [2.75, 3.05) is 20.2 Å². The fourth-order valence-corrected chi connectivity index (χ4v) is 2.65. The maximum atomic E-state index is 12.4. The van der Waals surface area contributed by atoms with Gasteiger partial charge in [0.05, 0.1) is 0 Å². The van der Waals surface area contributed by atoms with E-state index in [4.69, 9.17) is 9.47 Å². The third-order valence-corrected chi connectivity index (χ3v) is 4.01. The second-order valence-electron chi connectivity index (χ2n) is 6.80. The molecule has 2 aliphatic rings. The molecule has 0 bridgehead atoms. The van der Waals surface area contributed by atoms with E-state index in [1.807, 2.05) is 20.8 Å². The number of hydrogen-bond acceptors (Lipinski definition) is 4. The fraction of sp³-hybridized carbons (Fsp3) is 0.867. The molecule has 0 aromatic heterocycles. The lowest BCUT2D eigenvalue weighted by molar-refractivity contribution is -0.148. The van der Waals surface area contributed by atoms with Crippen molar-refractivity contribution >= 4 is 11.9 Å². The minimum Gasteiger partial charge on any atom is -0.444 e. The van der Waals surface area contributed by atoms with E-state index < -0.39 is 11.2 Å². The van der Waals surface area contributed by atoms with E-state index in [1.54, 1.807) is 12.0 Å². The van der Waals surface area contributed by atoms with E-state index in [1.165, 1.54) is 0 Å². The average molecular weight is 283 g/mol. The lowest BCUT2D eigenvalue weighted by Gasteiger charge is -2.40. The molecular weight excluding hydrogens is 258 g/mol. The summed E-state index contributed by atoms with van der Waals surface area (Å²) in [5.74, 6) is 0.409. The molecule has 1 saturated carbocycles. The van der Waals surface area contributed by atoms with Crippen LogP contribution in [0.2, 0.25) is 0 Å². The molecule has 1 aliphatic carbocycles. The van der Waals surface area contributed by atoms with E-state index in [0.717, 1.165) is 12.8 Å². The number of nitrogens with zero attached hydrogens (tertiary/aromatic N) is 1. The molecule has 1 saturated heterocycles. The number of methoxy groups -OCH3 is 1. The third kappa shape index (κ3) is 3.32. The molecule has 1 aliphatic heterocycles. The molecule has 0 aromatic carbocycles. The molecule has 114 valence electrons. The normalized spacial score (nSPS) is 22.5. The maximum Gasteiger partial charge on any atom is 0.410 e. The minimum atomic E-state index is -0.681. The Morgan fingerprint density at radius 1 is 1.15 bits per heavy atom. The molecule has 2 fully saturated rings. The van der Waals surface area contributed by atoms with Crippen LogP contribution in [0.5, 0.6) is 0 Å². The van der Waals surface area contributed by atoms with Crippen molar-refractivity contribution in [3.05, 3.63) is 0 Å². The fourth-order valence-electron chi connectivity index (χ4n) is 2.65. The zero-order valence-electron chi connectivity index (χ0n) is 12.9. The number of amides is 1. The zero-order valence-corrected chi connectivity index (χ0v) is 12.9. The Kier molecular flexibility index (Phi) is 4.09. The van der Waals surface area contributed by atoms with Crippen LogP contribution in [0, 0.1) is 5.92 Å². The van der Waals surface area contributed by atoms with Crippen LogP contribution in [0.3, 0.4) is 0 Å². The standard InChI is InChI=1S/C15H25NO4/c1-14(2,3)20-13(18)16-9-7-15(19-4,8-10-16)12(17)11-5-6-11/h11H,5-10H2,1-4H3. The quantitative estimate of drug-likeness (QED) is 0.798. The monoisotopic (exact) mass is 283 g/mol. The van der Waals surface area contributed by atoms with Gasteiger partial charge in [-0.3, -0.25) is 4.79 Å². The summed E-state index contributed by atoms with van der Waals surface area (Å²) in [6.07, 6.45) is 2.80. The van der Waals surface area contributed by atoms with Crippen molar-refractivity contribution in [1.82, 2.24) is 4.90 Å². The summed E-state index contributed by atoms with van der Waals surface area (Å²) in [6, 6.07) is 0. The minimum absolute atomic E-state index is 0.183. The summed E-state index contributed by atoms with van der Waals surface area (Å²) < 4.78 is 10.9. The molecule has 0 N–H and O–H groups in total. The second kappa shape index (κ2) is 5.35. The highest BCUT2D eigenvalue weighted by molar-refractivity contribution is 5.91. The van der Waals surface area contributed by atoms with Crippen molar-refractivity contribution in [2.45, 2.75) is 57.7 Å². The van der Waals surface area contributed by atoms with Crippen LogP contribution in [0.15, 0.2) is 0 Å². The molecule has 0 spiro atoms. The topological polar surface area (TPSA) is 55.8 Å². The molecule has 1 amide bonds. The number of hydrogen-bond donors (Lipinski definition) is 0. The van der Waals surface area contributed by atoms with Crippen molar-refractivity contribution in [1.29, 1.82) is 0 Å². The van der Waals surface area contributed by atoms with Crippen LogP contribution >= 0.6 is 0 Å². The largest absolute Gasteiger partial charge is 0.444 e. The van der Waals surface area contributed by atoms with Gasteiger partial charge in [-0.15, -0.1) is 0 Å². The smallest absolute Gasteiger partial charge is 0.410 e. The summed E-state index contributed by atoms with van der Waals surface area (Å²) in [5.41, 5.74) is -1.17. The van der Waals surface area contributed by atoms with E-state index in [9.17, 15) is 9.59 Å². The predicted molar refractivity (Wildman–Crippen MR) is 74.5 cm³/mol. The average Bonchev–Trinajstić information content (AvgIpc) is 3.20. The van der Waals surface area contributed by atoms with Gasteiger partial charge in [-0.1, -0.05) is 0 Å². The van der Waals surface area contributed by atoms with Gasteiger partial charge in [-0.25, -0.2) is 4.79 Å². The van der Waals surface area contributed by atoms with Gasteiger partial charge in [0.25, 0.3) is 0 Å². The van der Waals surface area contributed by atoms with Gasteiger partial charge < -0.3 is 14.4 Å². The van der Waals surface area contributed by atoms with Crippen molar-refractivity contribution in [3.8, 4) is 0 Å². The van der Waals surface area contributed by atoms with Crippen LogP contribution in [-0.2, 0) is 14.3 Å². The highest BCUT2D eigenvalue weighted by Crippen LogP contribution is 2.39. The number of ketones is 1. The number of carbonyl (C=O) groups is 2. The third-order valence-electron chi connectivity index (χ3n) is 4.01. The highest BCUT2D eigenvalue weighted by Gasteiger charge is 2.48. The molecule has 0 aromatic rings. The van der Waals surface area contributed by atoms with Crippen LogP contribution in [-0.4, -0.2) is 48.2 Å². The number of ether oxygens (including phenoxy) is 2. The Morgan fingerprint density at radius 3 is 2.10 bits per heavy atom. The molecule has 0 atom stereocenters. The predicted octanol–water partition coefficient (Wildman–Crippen LogP) is 2.38. The molecule has 2 rings (SSSR count). The van der Waals surface area contributed by atoms with Crippen LogP contribution in [0.1, 0.15) is 46.5 Å². The number of likely N-dealkylation sites (tertiary alicyclic amines) is 1. The molecule has 20 heavy (non-hydrogen) atoms. The van der Waals surface area contributed by atoms with E-state index in [0.29, 0.717) is 25.9 Å². The summed E-state index contributed by atoms with van der Waals surface area (Å²) in [4.78, 5) is 26.0. The van der Waals surface area contributed by atoms with E-state index in [2.05, 4.69) is 0 Å². The number of rotatable bonds is 3. The van der Waals surface area contributed by atoms with Gasteiger partial charge in [-0.05, 0) is 33.6 Å². The molecule has 5 nitrogen and oxygen atoms in total. The van der Waals surface area contributed by atoms with Gasteiger partial charge in [-0.2, -0.15) is 0 Å². The van der Waals surface area contributed by atoms with Crippen LogP contribution in [0.25, 0.3) is 0 Å². The summed E-state index contributed by atoms with van der Waals surface area (Å²) in [6.45, 7) is 6.59. The van der Waals surface area contributed by atoms with Crippen molar-refractivity contribution in [2.24, 2.45) is 5.92 Å². The molecule has 5 heteroatoms.